The van der Waals surface area contributed by atoms with Crippen molar-refractivity contribution in [1.29, 1.82) is 0 Å². The van der Waals surface area contributed by atoms with Crippen LogP contribution in [0.15, 0.2) is 48.8 Å². The molecule has 1 N–H and O–H groups in total. The number of anilines is 1. The molecule has 140 valence electrons. The number of hydrogen-bond donors (Lipinski definition) is 1. The molecule has 1 saturated heterocycles. The van der Waals surface area contributed by atoms with Crippen LogP contribution in [0.5, 0.6) is 0 Å². The minimum Gasteiger partial charge on any atom is -0.339 e. The number of rotatable bonds is 2. The summed E-state index contributed by atoms with van der Waals surface area (Å²) < 4.78 is 0. The predicted octanol–water partition coefficient (Wildman–Crippen LogP) is 3.14. The van der Waals surface area contributed by atoms with Crippen LogP contribution in [0.25, 0.3) is 10.9 Å². The van der Waals surface area contributed by atoms with Gasteiger partial charge in [-0.2, -0.15) is 0 Å². The lowest BCUT2D eigenvalue weighted by atomic mass is 9.86. The Balaban J connectivity index is 1.31. The lowest BCUT2D eigenvalue weighted by Gasteiger charge is -2.33. The van der Waals surface area contributed by atoms with Gasteiger partial charge in [-0.05, 0) is 48.6 Å². The molecule has 0 atom stereocenters. The Morgan fingerprint density at radius 1 is 1.07 bits per heavy atom. The molecule has 0 bridgehead atoms. The van der Waals surface area contributed by atoms with Crippen molar-refractivity contribution in [3.8, 4) is 0 Å². The van der Waals surface area contributed by atoms with E-state index < -0.39 is 0 Å². The Labute approximate surface area is 162 Å². The molecule has 2 aliphatic heterocycles. The molecule has 1 aromatic carbocycles. The van der Waals surface area contributed by atoms with E-state index in [-0.39, 0.29) is 11.8 Å². The van der Waals surface area contributed by atoms with Gasteiger partial charge < -0.3 is 10.2 Å². The average molecular weight is 372 g/mol. The number of amides is 2. The number of carbonyl (C=O) groups excluding carboxylic acids is 2. The average Bonchev–Trinajstić information content (AvgIpc) is 3.13. The summed E-state index contributed by atoms with van der Waals surface area (Å²) in [5, 5.41) is 3.85. The van der Waals surface area contributed by atoms with Crippen LogP contribution >= 0.6 is 0 Å². The fraction of sp³-hybridized carbons (Fsp3) is 0.273. The molecule has 6 nitrogen and oxygen atoms in total. The maximum atomic E-state index is 13.0. The van der Waals surface area contributed by atoms with Gasteiger partial charge in [0.2, 0.25) is 5.91 Å². The first-order valence-corrected chi connectivity index (χ1v) is 9.61. The van der Waals surface area contributed by atoms with Crippen LogP contribution in [0, 0.1) is 0 Å². The van der Waals surface area contributed by atoms with Gasteiger partial charge in [-0.25, -0.2) is 4.98 Å². The van der Waals surface area contributed by atoms with E-state index in [1.807, 2.05) is 41.3 Å². The van der Waals surface area contributed by atoms with Gasteiger partial charge in [0.05, 0.1) is 11.9 Å². The van der Waals surface area contributed by atoms with Crippen LogP contribution in [-0.2, 0) is 11.2 Å². The zero-order valence-corrected chi connectivity index (χ0v) is 15.4. The van der Waals surface area contributed by atoms with Crippen molar-refractivity contribution in [2.75, 3.05) is 18.4 Å². The second kappa shape index (κ2) is 6.71. The number of likely N-dealkylation sites (tertiary alicyclic amines) is 1. The predicted molar refractivity (Wildman–Crippen MR) is 106 cm³/mol. The third-order valence-corrected chi connectivity index (χ3v) is 5.76. The number of piperidine rings is 1. The van der Waals surface area contributed by atoms with Crippen LogP contribution in [0.2, 0.25) is 0 Å². The summed E-state index contributed by atoms with van der Waals surface area (Å²) in [6.07, 6.45) is 5.69. The van der Waals surface area contributed by atoms with Crippen LogP contribution in [0.1, 0.15) is 40.2 Å². The van der Waals surface area contributed by atoms with E-state index in [0.29, 0.717) is 36.8 Å². The molecule has 2 aromatic heterocycles. The standard InChI is InChI=1S/C22H20N4O2/c27-20-13-18-17(5-9-24-21(18)25-20)14-6-10-26(11-7-14)22(28)16-4-3-15-2-1-8-23-19(15)12-16/h1-5,8-9,12,14H,6-7,10-11,13H2,(H,24,25,27). The normalized spacial score (nSPS) is 16.9. The van der Waals surface area contributed by atoms with Gasteiger partial charge in [-0.15, -0.1) is 0 Å². The highest BCUT2D eigenvalue weighted by Crippen LogP contribution is 2.35. The number of aromatic nitrogens is 2. The Morgan fingerprint density at radius 3 is 2.79 bits per heavy atom. The zero-order chi connectivity index (χ0) is 19.1. The van der Waals surface area contributed by atoms with Gasteiger partial charge >= 0.3 is 0 Å². The Bertz CT molecular complexity index is 1090. The second-order valence-corrected chi connectivity index (χ2v) is 7.43. The smallest absolute Gasteiger partial charge is 0.253 e. The van der Waals surface area contributed by atoms with Crippen LogP contribution in [0.3, 0.4) is 0 Å². The van der Waals surface area contributed by atoms with Crippen molar-refractivity contribution >= 4 is 28.5 Å². The summed E-state index contributed by atoms with van der Waals surface area (Å²) in [5.74, 6) is 1.12. The number of nitrogens with one attached hydrogen (secondary N) is 1. The number of pyridine rings is 2. The molecular formula is C22H20N4O2. The van der Waals surface area contributed by atoms with Gasteiger partial charge in [0.15, 0.2) is 0 Å². The number of hydrogen-bond acceptors (Lipinski definition) is 4. The quantitative estimate of drug-likeness (QED) is 0.750. The molecule has 4 heterocycles. The van der Waals surface area contributed by atoms with E-state index in [0.717, 1.165) is 29.3 Å². The molecule has 28 heavy (non-hydrogen) atoms. The molecule has 0 spiro atoms. The molecule has 0 aliphatic carbocycles. The molecule has 3 aromatic rings. The summed E-state index contributed by atoms with van der Waals surface area (Å²) in [4.78, 5) is 35.2. The fourth-order valence-corrected chi connectivity index (χ4v) is 4.30. The van der Waals surface area contributed by atoms with E-state index in [4.69, 9.17) is 0 Å². The minimum absolute atomic E-state index is 0.00692. The van der Waals surface area contributed by atoms with Gasteiger partial charge in [-0.3, -0.25) is 14.6 Å². The SMILES string of the molecule is O=C1Cc2c(C3CCN(C(=O)c4ccc5cccnc5c4)CC3)ccnc2N1. The Morgan fingerprint density at radius 2 is 1.93 bits per heavy atom. The molecular weight excluding hydrogens is 352 g/mol. The number of fused-ring (bicyclic) bond motifs is 2. The monoisotopic (exact) mass is 372 g/mol. The van der Waals surface area contributed by atoms with Crippen molar-refractivity contribution < 1.29 is 9.59 Å². The number of carbonyl (C=O) groups is 2. The first-order chi connectivity index (χ1) is 13.7. The zero-order valence-electron chi connectivity index (χ0n) is 15.4. The largest absolute Gasteiger partial charge is 0.339 e. The van der Waals surface area contributed by atoms with E-state index in [1.165, 1.54) is 5.56 Å². The van der Waals surface area contributed by atoms with E-state index >= 15 is 0 Å². The van der Waals surface area contributed by atoms with Crippen LogP contribution in [0.4, 0.5) is 5.82 Å². The van der Waals surface area contributed by atoms with Crippen molar-refractivity contribution in [2.24, 2.45) is 0 Å². The third-order valence-electron chi connectivity index (χ3n) is 5.76. The minimum atomic E-state index is 0.00692. The highest BCUT2D eigenvalue weighted by molar-refractivity contribution is 5.99. The lowest BCUT2D eigenvalue weighted by molar-refractivity contribution is -0.115. The van der Waals surface area contributed by atoms with E-state index in [2.05, 4.69) is 15.3 Å². The van der Waals surface area contributed by atoms with Gasteiger partial charge in [0.25, 0.3) is 5.91 Å². The third kappa shape index (κ3) is 2.91. The highest BCUT2D eigenvalue weighted by atomic mass is 16.2. The van der Waals surface area contributed by atoms with Crippen LogP contribution < -0.4 is 5.32 Å². The molecule has 2 aliphatic rings. The number of benzene rings is 1. The molecule has 0 radical (unpaired) electrons. The first-order valence-electron chi connectivity index (χ1n) is 9.61. The van der Waals surface area contributed by atoms with Crippen molar-refractivity contribution in [1.82, 2.24) is 14.9 Å². The Kier molecular flexibility index (Phi) is 4.04. The summed E-state index contributed by atoms with van der Waals surface area (Å²) >= 11 is 0. The Hall–Kier alpha value is -3.28. The summed E-state index contributed by atoms with van der Waals surface area (Å²) in [6, 6.07) is 11.6. The highest BCUT2D eigenvalue weighted by Gasteiger charge is 2.29. The van der Waals surface area contributed by atoms with E-state index in [1.54, 1.807) is 12.4 Å². The van der Waals surface area contributed by atoms with Crippen molar-refractivity contribution in [3.05, 3.63) is 65.5 Å². The first kappa shape index (κ1) is 16.9. The maximum Gasteiger partial charge on any atom is 0.253 e. The molecule has 1 fully saturated rings. The van der Waals surface area contributed by atoms with Gasteiger partial charge in [-0.1, -0.05) is 12.1 Å². The second-order valence-electron chi connectivity index (χ2n) is 7.43. The topological polar surface area (TPSA) is 75.2 Å². The molecule has 0 saturated carbocycles. The molecule has 0 unspecified atom stereocenters. The summed E-state index contributed by atoms with van der Waals surface area (Å²) in [7, 11) is 0. The summed E-state index contributed by atoms with van der Waals surface area (Å²) in [5.41, 5.74) is 3.75. The van der Waals surface area contributed by atoms with Gasteiger partial charge in [0.1, 0.15) is 5.82 Å². The van der Waals surface area contributed by atoms with E-state index in [9.17, 15) is 9.59 Å². The van der Waals surface area contributed by atoms with Crippen molar-refractivity contribution in [3.63, 3.8) is 0 Å². The number of nitrogens with zero attached hydrogens (tertiary/aromatic N) is 3. The molecule has 2 amide bonds. The maximum absolute atomic E-state index is 13.0. The van der Waals surface area contributed by atoms with Crippen LogP contribution in [-0.4, -0.2) is 39.8 Å². The van der Waals surface area contributed by atoms with Crippen molar-refractivity contribution in [2.45, 2.75) is 25.2 Å². The fourth-order valence-electron chi connectivity index (χ4n) is 4.30. The van der Waals surface area contributed by atoms with Gasteiger partial charge in [0, 0.05) is 42.0 Å². The lowest BCUT2D eigenvalue weighted by Crippen LogP contribution is -2.38. The summed E-state index contributed by atoms with van der Waals surface area (Å²) in [6.45, 7) is 1.42. The molecule has 6 heteroatoms. The molecule has 5 rings (SSSR count).